The summed E-state index contributed by atoms with van der Waals surface area (Å²) >= 11 is 0. The Kier molecular flexibility index (Phi) is 9.59. The van der Waals surface area contributed by atoms with Gasteiger partial charge in [-0.15, -0.1) is 24.0 Å². The number of guanidine groups is 1. The van der Waals surface area contributed by atoms with Crippen molar-refractivity contribution in [1.29, 1.82) is 0 Å². The van der Waals surface area contributed by atoms with Crippen LogP contribution in [0.5, 0.6) is 0 Å². The lowest BCUT2D eigenvalue weighted by Gasteiger charge is -2.11. The van der Waals surface area contributed by atoms with Crippen LogP contribution in [0.3, 0.4) is 0 Å². The third-order valence-corrected chi connectivity index (χ3v) is 4.32. The summed E-state index contributed by atoms with van der Waals surface area (Å²) in [6.07, 6.45) is 4.60. The van der Waals surface area contributed by atoms with Gasteiger partial charge in [-0.3, -0.25) is 4.68 Å². The molecule has 1 heterocycles. The van der Waals surface area contributed by atoms with E-state index in [-0.39, 0.29) is 28.9 Å². The number of aryl methyl sites for hydroxylation is 1. The Morgan fingerprint density at radius 2 is 2.12 bits per heavy atom. The molecular weight excluding hydrogens is 467 g/mol. The highest BCUT2D eigenvalue weighted by molar-refractivity contribution is 14.0. The van der Waals surface area contributed by atoms with Gasteiger partial charge in [-0.05, 0) is 37.1 Å². The smallest absolute Gasteiger partial charge is 0.238 e. The Morgan fingerprint density at radius 3 is 2.77 bits per heavy atom. The molecule has 26 heavy (non-hydrogen) atoms. The Morgan fingerprint density at radius 1 is 1.31 bits per heavy atom. The number of primary sulfonamides is 1. The first-order chi connectivity index (χ1) is 12.0. The molecule has 4 N–H and O–H groups in total. The van der Waals surface area contributed by atoms with Gasteiger partial charge in [-0.2, -0.15) is 5.10 Å². The van der Waals surface area contributed by atoms with Crippen molar-refractivity contribution in [3.05, 3.63) is 48.3 Å². The molecule has 0 fully saturated rings. The molecule has 0 aliphatic heterocycles. The van der Waals surface area contributed by atoms with Crippen molar-refractivity contribution in [3.8, 4) is 0 Å². The van der Waals surface area contributed by atoms with Gasteiger partial charge in [0, 0.05) is 32.0 Å². The minimum atomic E-state index is -3.70. The van der Waals surface area contributed by atoms with Crippen LogP contribution in [0.4, 0.5) is 0 Å². The summed E-state index contributed by atoms with van der Waals surface area (Å²) < 4.78 is 24.7. The molecule has 0 aliphatic carbocycles. The highest BCUT2D eigenvalue weighted by atomic mass is 127. The molecule has 0 atom stereocenters. The van der Waals surface area contributed by atoms with E-state index in [2.05, 4.69) is 20.7 Å². The summed E-state index contributed by atoms with van der Waals surface area (Å²) in [4.78, 5) is 4.57. The zero-order valence-corrected chi connectivity index (χ0v) is 17.8. The van der Waals surface area contributed by atoms with Crippen LogP contribution in [0.15, 0.2) is 52.6 Å². The molecule has 1 aromatic heterocycles. The molecule has 0 amide bonds. The van der Waals surface area contributed by atoms with E-state index in [9.17, 15) is 8.42 Å². The number of benzene rings is 1. The fourth-order valence-corrected chi connectivity index (χ4v) is 2.80. The van der Waals surface area contributed by atoms with Gasteiger partial charge in [0.1, 0.15) is 0 Å². The van der Waals surface area contributed by atoms with Gasteiger partial charge in [-0.25, -0.2) is 18.5 Å². The van der Waals surface area contributed by atoms with E-state index in [1.54, 1.807) is 18.3 Å². The summed E-state index contributed by atoms with van der Waals surface area (Å²) in [6, 6.07) is 8.39. The molecular formula is C16H25IN6O2S. The lowest BCUT2D eigenvalue weighted by molar-refractivity contribution is 0.570. The number of aliphatic imine (C=N–C) groups is 1. The molecule has 10 heteroatoms. The van der Waals surface area contributed by atoms with Crippen LogP contribution < -0.4 is 15.8 Å². The quantitative estimate of drug-likeness (QED) is 0.223. The second-order valence-electron chi connectivity index (χ2n) is 5.44. The zero-order chi connectivity index (χ0) is 18.1. The zero-order valence-electron chi connectivity index (χ0n) is 14.6. The minimum Gasteiger partial charge on any atom is -0.357 e. The minimum absolute atomic E-state index is 0. The van der Waals surface area contributed by atoms with E-state index < -0.39 is 10.0 Å². The predicted molar refractivity (Wildman–Crippen MR) is 113 cm³/mol. The predicted octanol–water partition coefficient (Wildman–Crippen LogP) is 1.29. The van der Waals surface area contributed by atoms with E-state index in [1.165, 1.54) is 6.07 Å². The van der Waals surface area contributed by atoms with Crippen LogP contribution in [-0.4, -0.2) is 37.2 Å². The number of nitrogens with one attached hydrogen (secondary N) is 2. The number of nitrogens with zero attached hydrogens (tertiary/aromatic N) is 3. The van der Waals surface area contributed by atoms with Crippen LogP contribution in [0.25, 0.3) is 0 Å². The van der Waals surface area contributed by atoms with Crippen molar-refractivity contribution < 1.29 is 8.42 Å². The SMILES string of the molecule is CCNC(=NCc1cccc(S(N)(=O)=O)c1)NCCCn1cccn1.I. The Balaban J connectivity index is 0.00000338. The van der Waals surface area contributed by atoms with Crippen molar-refractivity contribution in [2.24, 2.45) is 10.1 Å². The molecule has 0 bridgehead atoms. The van der Waals surface area contributed by atoms with Crippen molar-refractivity contribution >= 4 is 40.0 Å². The summed E-state index contributed by atoms with van der Waals surface area (Å²) in [7, 11) is -3.70. The first-order valence-electron chi connectivity index (χ1n) is 8.10. The third kappa shape index (κ3) is 7.70. The summed E-state index contributed by atoms with van der Waals surface area (Å²) in [5.74, 6) is 0.684. The lowest BCUT2D eigenvalue weighted by Crippen LogP contribution is -2.38. The van der Waals surface area contributed by atoms with E-state index in [1.807, 2.05) is 29.9 Å². The van der Waals surface area contributed by atoms with Gasteiger partial charge in [0.15, 0.2) is 5.96 Å². The number of nitrogens with two attached hydrogens (primary N) is 1. The standard InChI is InChI=1S/C16H24N6O2S.HI/c1-2-18-16(19-8-4-10-22-11-5-9-21-22)20-13-14-6-3-7-15(12-14)25(17,23)24;/h3,5-7,9,11-12H,2,4,8,10,13H2,1H3,(H2,17,23,24)(H2,18,19,20);1H. The Labute approximate surface area is 171 Å². The van der Waals surface area contributed by atoms with Crippen molar-refractivity contribution in [1.82, 2.24) is 20.4 Å². The summed E-state index contributed by atoms with van der Waals surface area (Å²) in [5, 5.41) is 15.7. The lowest BCUT2D eigenvalue weighted by atomic mass is 10.2. The number of aromatic nitrogens is 2. The fourth-order valence-electron chi connectivity index (χ4n) is 2.21. The number of sulfonamides is 1. The molecule has 0 aliphatic rings. The van der Waals surface area contributed by atoms with E-state index in [4.69, 9.17) is 5.14 Å². The van der Waals surface area contributed by atoms with Crippen LogP contribution >= 0.6 is 24.0 Å². The van der Waals surface area contributed by atoms with Crippen LogP contribution in [0.1, 0.15) is 18.9 Å². The monoisotopic (exact) mass is 492 g/mol. The van der Waals surface area contributed by atoms with Crippen LogP contribution in [-0.2, 0) is 23.1 Å². The molecule has 1 aromatic carbocycles. The van der Waals surface area contributed by atoms with Crippen LogP contribution in [0.2, 0.25) is 0 Å². The topological polar surface area (TPSA) is 114 Å². The summed E-state index contributed by atoms with van der Waals surface area (Å²) in [5.41, 5.74) is 0.778. The molecule has 0 radical (unpaired) electrons. The average Bonchev–Trinajstić information content (AvgIpc) is 3.09. The van der Waals surface area contributed by atoms with Gasteiger partial charge in [0.25, 0.3) is 0 Å². The number of halogens is 1. The molecule has 0 spiro atoms. The van der Waals surface area contributed by atoms with E-state index in [0.717, 1.165) is 31.6 Å². The molecule has 144 valence electrons. The van der Waals surface area contributed by atoms with Gasteiger partial charge in [0.05, 0.1) is 11.4 Å². The van der Waals surface area contributed by atoms with E-state index >= 15 is 0 Å². The number of rotatable bonds is 8. The maximum Gasteiger partial charge on any atom is 0.238 e. The first-order valence-corrected chi connectivity index (χ1v) is 9.65. The Hall–Kier alpha value is -1.66. The van der Waals surface area contributed by atoms with Gasteiger partial charge in [-0.1, -0.05) is 12.1 Å². The number of hydrogen-bond acceptors (Lipinski definition) is 4. The molecule has 2 aromatic rings. The maximum absolute atomic E-state index is 11.4. The normalized spacial score (nSPS) is 11.7. The second-order valence-corrected chi connectivity index (χ2v) is 7.00. The number of hydrogen-bond donors (Lipinski definition) is 3. The largest absolute Gasteiger partial charge is 0.357 e. The second kappa shape index (κ2) is 11.1. The molecule has 0 saturated carbocycles. The van der Waals surface area contributed by atoms with Crippen molar-refractivity contribution in [3.63, 3.8) is 0 Å². The van der Waals surface area contributed by atoms with Crippen LogP contribution in [0, 0.1) is 0 Å². The Bertz CT molecular complexity index is 793. The molecule has 0 unspecified atom stereocenters. The highest BCUT2D eigenvalue weighted by Gasteiger charge is 2.07. The van der Waals surface area contributed by atoms with Crippen molar-refractivity contribution in [2.75, 3.05) is 13.1 Å². The fraction of sp³-hybridized carbons (Fsp3) is 0.375. The van der Waals surface area contributed by atoms with E-state index in [0.29, 0.717) is 12.5 Å². The van der Waals surface area contributed by atoms with Crippen molar-refractivity contribution in [2.45, 2.75) is 31.3 Å². The maximum atomic E-state index is 11.4. The molecule has 0 saturated heterocycles. The first kappa shape index (κ1) is 22.4. The van der Waals surface area contributed by atoms with Gasteiger partial charge < -0.3 is 10.6 Å². The third-order valence-electron chi connectivity index (χ3n) is 3.41. The molecule has 2 rings (SSSR count). The average molecular weight is 492 g/mol. The van der Waals surface area contributed by atoms with Gasteiger partial charge >= 0.3 is 0 Å². The van der Waals surface area contributed by atoms with Gasteiger partial charge in [0.2, 0.25) is 10.0 Å². The summed E-state index contributed by atoms with van der Waals surface area (Å²) in [6.45, 7) is 4.67. The molecule has 8 nitrogen and oxygen atoms in total. The highest BCUT2D eigenvalue weighted by Crippen LogP contribution is 2.10.